The van der Waals surface area contributed by atoms with Crippen LogP contribution in [0, 0.1) is 0 Å². The van der Waals surface area contributed by atoms with Crippen molar-refractivity contribution in [2.24, 2.45) is 5.10 Å². The maximum absolute atomic E-state index is 12.0. The lowest BCUT2D eigenvalue weighted by molar-refractivity contribution is -0.118. The molecule has 0 spiro atoms. The SMILES string of the molecule is CCOc1cc(C=NNC(=O)CSc2nnc(N)s2)ccc1OCc1ccc(C(C)(C)C)cc1. The van der Waals surface area contributed by atoms with E-state index in [4.69, 9.17) is 15.2 Å². The highest BCUT2D eigenvalue weighted by Gasteiger charge is 2.13. The maximum Gasteiger partial charge on any atom is 0.250 e. The molecule has 1 heterocycles. The zero-order valence-electron chi connectivity index (χ0n) is 19.7. The number of benzene rings is 2. The van der Waals surface area contributed by atoms with Crippen LogP contribution < -0.4 is 20.6 Å². The van der Waals surface area contributed by atoms with E-state index in [0.29, 0.717) is 34.2 Å². The van der Waals surface area contributed by atoms with Gasteiger partial charge in [-0.05, 0) is 47.2 Å². The summed E-state index contributed by atoms with van der Waals surface area (Å²) in [6, 6.07) is 14.0. The molecule has 3 aromatic rings. The topological polar surface area (TPSA) is 112 Å². The number of carbonyl (C=O) groups excluding carboxylic acids is 1. The lowest BCUT2D eigenvalue weighted by atomic mass is 9.87. The van der Waals surface area contributed by atoms with Crippen molar-refractivity contribution in [1.29, 1.82) is 0 Å². The number of amides is 1. The summed E-state index contributed by atoms with van der Waals surface area (Å²) < 4.78 is 12.4. The van der Waals surface area contributed by atoms with Crippen molar-refractivity contribution in [1.82, 2.24) is 15.6 Å². The van der Waals surface area contributed by atoms with Gasteiger partial charge in [0.25, 0.3) is 5.91 Å². The molecule has 0 unspecified atom stereocenters. The Labute approximate surface area is 208 Å². The van der Waals surface area contributed by atoms with E-state index in [2.05, 4.69) is 65.8 Å². The van der Waals surface area contributed by atoms with Gasteiger partial charge < -0.3 is 15.2 Å². The number of nitrogen functional groups attached to an aromatic ring is 1. The Bertz CT molecular complexity index is 1120. The number of nitrogens with one attached hydrogen (secondary N) is 1. The second-order valence-corrected chi connectivity index (χ2v) is 10.6. The van der Waals surface area contributed by atoms with Gasteiger partial charge in [0.15, 0.2) is 15.8 Å². The summed E-state index contributed by atoms with van der Waals surface area (Å²) in [5, 5.41) is 12.0. The third-order valence-corrected chi connectivity index (χ3v) is 6.52. The third-order valence-electron chi connectivity index (χ3n) is 4.63. The normalized spacial score (nSPS) is 11.5. The molecule has 0 radical (unpaired) electrons. The zero-order chi connectivity index (χ0) is 24.6. The minimum Gasteiger partial charge on any atom is -0.490 e. The van der Waals surface area contributed by atoms with Crippen LogP contribution in [0.25, 0.3) is 0 Å². The summed E-state index contributed by atoms with van der Waals surface area (Å²) in [5.41, 5.74) is 11.3. The standard InChI is InChI=1S/C24H29N5O3S2/c1-5-31-20-12-17(13-26-27-21(30)15-33-23-29-28-22(25)34-23)8-11-19(20)32-14-16-6-9-18(10-7-16)24(2,3)4/h6-13H,5,14-15H2,1-4H3,(H2,25,28)(H,27,30). The lowest BCUT2D eigenvalue weighted by Crippen LogP contribution is -2.19. The summed E-state index contributed by atoms with van der Waals surface area (Å²) in [4.78, 5) is 12.0. The van der Waals surface area contributed by atoms with E-state index in [1.165, 1.54) is 28.7 Å². The number of nitrogens with two attached hydrogens (primary N) is 1. The minimum absolute atomic E-state index is 0.116. The molecule has 0 saturated heterocycles. The molecule has 0 aliphatic carbocycles. The average molecular weight is 500 g/mol. The fourth-order valence-electron chi connectivity index (χ4n) is 2.87. The first-order chi connectivity index (χ1) is 16.2. The van der Waals surface area contributed by atoms with Gasteiger partial charge in [-0.25, -0.2) is 5.43 Å². The highest BCUT2D eigenvalue weighted by molar-refractivity contribution is 8.01. The lowest BCUT2D eigenvalue weighted by Gasteiger charge is -2.19. The molecule has 2 aromatic carbocycles. The highest BCUT2D eigenvalue weighted by Crippen LogP contribution is 2.29. The first-order valence-corrected chi connectivity index (χ1v) is 12.6. The summed E-state index contributed by atoms with van der Waals surface area (Å²) in [5.74, 6) is 1.18. The number of thioether (sulfide) groups is 1. The number of hydrogen-bond acceptors (Lipinski definition) is 9. The molecular formula is C24H29N5O3S2. The molecule has 8 nitrogen and oxygen atoms in total. The zero-order valence-corrected chi connectivity index (χ0v) is 21.3. The molecule has 0 saturated carbocycles. The number of ether oxygens (including phenoxy) is 2. The van der Waals surface area contributed by atoms with Gasteiger partial charge in [0.2, 0.25) is 5.13 Å². The van der Waals surface area contributed by atoms with Crippen LogP contribution in [0.3, 0.4) is 0 Å². The Balaban J connectivity index is 1.55. The average Bonchev–Trinajstić information content (AvgIpc) is 3.22. The van der Waals surface area contributed by atoms with Crippen LogP contribution in [0.15, 0.2) is 51.9 Å². The second kappa shape index (κ2) is 11.8. The van der Waals surface area contributed by atoms with Crippen molar-refractivity contribution in [3.63, 3.8) is 0 Å². The van der Waals surface area contributed by atoms with Crippen molar-refractivity contribution in [3.05, 3.63) is 59.2 Å². The van der Waals surface area contributed by atoms with E-state index in [1.54, 1.807) is 6.21 Å². The number of nitrogens with zero attached hydrogens (tertiary/aromatic N) is 3. The fourth-order valence-corrected chi connectivity index (χ4v) is 4.30. The number of carbonyl (C=O) groups is 1. The number of anilines is 1. The van der Waals surface area contributed by atoms with Gasteiger partial charge in [-0.2, -0.15) is 5.10 Å². The van der Waals surface area contributed by atoms with E-state index >= 15 is 0 Å². The number of aromatic nitrogens is 2. The summed E-state index contributed by atoms with van der Waals surface area (Å²) in [6.07, 6.45) is 1.56. The molecule has 3 rings (SSSR count). The fraction of sp³-hybridized carbons (Fsp3) is 0.333. The Hall–Kier alpha value is -3.11. The first kappa shape index (κ1) is 25.5. The summed E-state index contributed by atoms with van der Waals surface area (Å²) in [6.45, 7) is 9.43. The van der Waals surface area contributed by atoms with Crippen LogP contribution in [0.2, 0.25) is 0 Å². The van der Waals surface area contributed by atoms with Crippen LogP contribution in [0.4, 0.5) is 5.13 Å². The smallest absolute Gasteiger partial charge is 0.250 e. The van der Waals surface area contributed by atoms with Crippen molar-refractivity contribution in [2.45, 2.75) is 44.1 Å². The van der Waals surface area contributed by atoms with Crippen LogP contribution in [0.1, 0.15) is 44.4 Å². The molecular weight excluding hydrogens is 470 g/mol. The maximum atomic E-state index is 12.0. The Kier molecular flexibility index (Phi) is 8.89. The van der Waals surface area contributed by atoms with E-state index < -0.39 is 0 Å². The first-order valence-electron chi connectivity index (χ1n) is 10.8. The molecule has 3 N–H and O–H groups in total. The number of hydrazone groups is 1. The predicted molar refractivity (Wildman–Crippen MR) is 138 cm³/mol. The molecule has 0 aliphatic rings. The Morgan fingerprint density at radius 1 is 1.15 bits per heavy atom. The largest absolute Gasteiger partial charge is 0.490 e. The van der Waals surface area contributed by atoms with Crippen LogP contribution in [-0.2, 0) is 16.8 Å². The molecule has 0 atom stereocenters. The molecule has 1 aromatic heterocycles. The van der Waals surface area contributed by atoms with E-state index in [-0.39, 0.29) is 17.1 Å². The van der Waals surface area contributed by atoms with Gasteiger partial charge in [0.05, 0.1) is 18.6 Å². The van der Waals surface area contributed by atoms with Crippen molar-refractivity contribution in [2.75, 3.05) is 18.1 Å². The molecule has 10 heteroatoms. The van der Waals surface area contributed by atoms with Gasteiger partial charge in [0.1, 0.15) is 6.61 Å². The molecule has 0 bridgehead atoms. The number of hydrogen-bond donors (Lipinski definition) is 2. The van der Waals surface area contributed by atoms with Crippen molar-refractivity contribution < 1.29 is 14.3 Å². The predicted octanol–water partition coefficient (Wildman–Crippen LogP) is 4.64. The summed E-state index contributed by atoms with van der Waals surface area (Å²) in [7, 11) is 0. The number of rotatable bonds is 10. The van der Waals surface area contributed by atoms with E-state index in [1.807, 2.05) is 25.1 Å². The summed E-state index contributed by atoms with van der Waals surface area (Å²) >= 11 is 2.49. The van der Waals surface area contributed by atoms with Gasteiger partial charge in [-0.15, -0.1) is 10.2 Å². The van der Waals surface area contributed by atoms with E-state index in [9.17, 15) is 4.79 Å². The Morgan fingerprint density at radius 2 is 1.91 bits per heavy atom. The van der Waals surface area contributed by atoms with Crippen LogP contribution in [0.5, 0.6) is 11.5 Å². The van der Waals surface area contributed by atoms with Crippen LogP contribution in [-0.4, -0.2) is 34.7 Å². The molecule has 1 amide bonds. The quantitative estimate of drug-likeness (QED) is 0.237. The minimum atomic E-state index is -0.252. The molecule has 0 aliphatic heterocycles. The second-order valence-electron chi connectivity index (χ2n) is 8.36. The van der Waals surface area contributed by atoms with E-state index in [0.717, 1.165) is 11.1 Å². The van der Waals surface area contributed by atoms with Gasteiger partial charge in [-0.1, -0.05) is 68.1 Å². The van der Waals surface area contributed by atoms with Crippen molar-refractivity contribution >= 4 is 40.4 Å². The van der Waals surface area contributed by atoms with Crippen molar-refractivity contribution in [3.8, 4) is 11.5 Å². The Morgan fingerprint density at radius 3 is 2.56 bits per heavy atom. The monoisotopic (exact) mass is 499 g/mol. The highest BCUT2D eigenvalue weighted by atomic mass is 32.2. The van der Waals surface area contributed by atoms with Gasteiger partial charge in [-0.3, -0.25) is 4.79 Å². The molecule has 180 valence electrons. The molecule has 34 heavy (non-hydrogen) atoms. The van der Waals surface area contributed by atoms with Gasteiger partial charge >= 0.3 is 0 Å². The van der Waals surface area contributed by atoms with Gasteiger partial charge in [0, 0.05) is 0 Å². The van der Waals surface area contributed by atoms with Crippen LogP contribution >= 0.6 is 23.1 Å². The molecule has 0 fully saturated rings. The third kappa shape index (κ3) is 7.74.